The van der Waals surface area contributed by atoms with Crippen molar-refractivity contribution in [1.29, 1.82) is 0 Å². The monoisotopic (exact) mass is 1490 g/mol. The fraction of sp³-hybridized carbons (Fsp3) is 0.333. The van der Waals surface area contributed by atoms with Crippen LogP contribution in [0.5, 0.6) is 0 Å². The van der Waals surface area contributed by atoms with Crippen LogP contribution < -0.4 is 0 Å². The summed E-state index contributed by atoms with van der Waals surface area (Å²) in [7, 11) is 0. The van der Waals surface area contributed by atoms with Crippen molar-refractivity contribution in [2.45, 2.75) is 246 Å². The van der Waals surface area contributed by atoms with Gasteiger partial charge in [-0.05, 0) is 185 Å². The van der Waals surface area contributed by atoms with Gasteiger partial charge in [-0.3, -0.25) is 0 Å². The molecule has 4 aliphatic rings. The highest BCUT2D eigenvalue weighted by molar-refractivity contribution is 6.18. The van der Waals surface area contributed by atoms with Crippen molar-refractivity contribution in [3.63, 3.8) is 0 Å². The van der Waals surface area contributed by atoms with Gasteiger partial charge >= 0.3 is 0 Å². The molecule has 0 atom stereocenters. The fourth-order valence-electron chi connectivity index (χ4n) is 16.3. The lowest BCUT2D eigenvalue weighted by Crippen LogP contribution is -1.95. The molecule has 112 heavy (non-hydrogen) atoms. The maximum Gasteiger partial charge on any atom is 0.0573 e. The second kappa shape index (κ2) is 47.3. The van der Waals surface area contributed by atoms with Crippen molar-refractivity contribution in [2.24, 2.45) is 0 Å². The highest BCUT2D eigenvalue weighted by atomic mass is 15.0. The average Bonchev–Trinajstić information content (AvgIpc) is 1.59. The Morgan fingerprint density at radius 1 is 0.196 bits per heavy atom. The highest BCUT2D eigenvalue weighted by Crippen LogP contribution is 2.48. The number of nitrogens with zero attached hydrogens (tertiary/aromatic N) is 4. The van der Waals surface area contributed by atoms with Crippen molar-refractivity contribution in [1.82, 2.24) is 18.3 Å². The predicted molar refractivity (Wildman–Crippen MR) is 510 cm³/mol. The minimum Gasteiger partial charge on any atom is -0.341 e. The second-order valence-electron chi connectivity index (χ2n) is 24.4. The lowest BCUT2D eigenvalue weighted by molar-refractivity contribution is 0.827. The zero-order chi connectivity index (χ0) is 82.7. The number of benzene rings is 12. The van der Waals surface area contributed by atoms with Crippen LogP contribution in [0, 0.1) is 0 Å². The van der Waals surface area contributed by atoms with E-state index in [1.54, 1.807) is 0 Å². The normalized spacial score (nSPS) is 10.7. The molecular weight excluding hydrogens is 1350 g/mol. The Bertz CT molecular complexity index is 5510. The lowest BCUT2D eigenvalue weighted by atomic mass is 9.99. The van der Waals surface area contributed by atoms with Gasteiger partial charge in [0.25, 0.3) is 0 Å². The van der Waals surface area contributed by atoms with Crippen LogP contribution in [0.1, 0.15) is 238 Å². The van der Waals surface area contributed by atoms with Crippen LogP contribution in [0.25, 0.3) is 132 Å². The number of hydrogen-bond acceptors (Lipinski definition) is 0. The standard InChI is InChI=1S/4C21H17N.12C2H6/c1-2-22-20-10-6-5-9-17(20)19-12-15-11-14-7-3-4-8-16(14)18(15)13-21(19)22;1-2-22-19-10-6-5-9-17(19)18-12-11-15-13-14-7-3-4-8-16(14)20(15)21(18)22;1-2-22-18-10-6-5-9-17(18)21-19(22)12-11-15-13-14-7-3-4-8-16(14)20(15)21;1-2-22-19-10-6-5-9-17(19)21-18-13-14-7-3-4-8-15(14)16(18)11-12-20(21)22;12*1-2/h3-10,12-13H,2,11H2,1H3;3*3-12H,2,13H2,1H3;12*1-2H3. The van der Waals surface area contributed by atoms with Crippen LogP contribution in [0.3, 0.4) is 0 Å². The molecule has 0 fully saturated rings. The van der Waals surface area contributed by atoms with Gasteiger partial charge in [-0.1, -0.05) is 360 Å². The summed E-state index contributed by atoms with van der Waals surface area (Å²) in [5.74, 6) is 0. The van der Waals surface area contributed by atoms with E-state index in [0.717, 1.165) is 51.9 Å². The van der Waals surface area contributed by atoms with Crippen molar-refractivity contribution in [3.8, 4) is 44.5 Å². The SMILES string of the molecule is CC.CC.CC.CC.CC.CC.CC.CC.CC.CC.CC.CC.CCn1c2ccccc2c2c3c(ccc21)-c1ccccc1C3.CCn1c2ccccc2c2c3c(ccc21)Cc1ccccc1-3.CCn1c2ccccc2c2cc3c(cc21)-c1ccccc1C3.CCn1c2ccccc2c2ccc3c(c21)-c1ccccc1C3. The van der Waals surface area contributed by atoms with E-state index in [0.29, 0.717) is 0 Å². The van der Waals surface area contributed by atoms with E-state index in [1.165, 1.54) is 176 Å². The van der Waals surface area contributed by atoms with Crippen LogP contribution in [0.15, 0.2) is 243 Å². The first-order valence-corrected chi connectivity index (χ1v) is 44.0. The number of aromatic nitrogens is 4. The molecule has 4 heterocycles. The molecule has 0 saturated heterocycles. The molecule has 0 radical (unpaired) electrons. The molecule has 0 saturated carbocycles. The molecule has 4 heteroatoms. The summed E-state index contributed by atoms with van der Waals surface area (Å²) in [6, 6.07) is 89.2. The van der Waals surface area contributed by atoms with Gasteiger partial charge in [-0.2, -0.15) is 0 Å². The van der Waals surface area contributed by atoms with Gasteiger partial charge in [0.1, 0.15) is 0 Å². The van der Waals surface area contributed by atoms with Crippen molar-refractivity contribution < 1.29 is 0 Å². The van der Waals surface area contributed by atoms with Crippen LogP contribution in [-0.4, -0.2) is 18.3 Å². The molecule has 0 unspecified atom stereocenters. The third kappa shape index (κ3) is 18.0. The summed E-state index contributed by atoms with van der Waals surface area (Å²) in [5.41, 5.74) is 34.0. The Kier molecular flexibility index (Phi) is 39.0. The summed E-state index contributed by atoms with van der Waals surface area (Å²) in [4.78, 5) is 0. The first-order valence-electron chi connectivity index (χ1n) is 44.0. The summed E-state index contributed by atoms with van der Waals surface area (Å²) in [5, 5.41) is 11.2. The predicted octanol–water partition coefficient (Wildman–Crippen LogP) is 33.9. The first-order chi connectivity index (χ1) is 55.5. The van der Waals surface area contributed by atoms with Crippen LogP contribution in [-0.2, 0) is 51.9 Å². The third-order valence-corrected chi connectivity index (χ3v) is 20.1. The minimum atomic E-state index is 1.00. The molecule has 0 aliphatic heterocycles. The largest absolute Gasteiger partial charge is 0.341 e. The zero-order valence-corrected chi connectivity index (χ0v) is 74.5. The van der Waals surface area contributed by atoms with Gasteiger partial charge in [-0.25, -0.2) is 0 Å². The molecule has 4 aliphatic carbocycles. The summed E-state index contributed by atoms with van der Waals surface area (Å²) < 4.78 is 9.79. The van der Waals surface area contributed by atoms with E-state index in [2.05, 4.69) is 289 Å². The molecular formula is C108H140N4. The van der Waals surface area contributed by atoms with Crippen molar-refractivity contribution in [2.75, 3.05) is 0 Å². The quantitative estimate of drug-likeness (QED) is 0.167. The Hall–Kier alpha value is -10.2. The maximum absolute atomic E-state index is 2.48. The van der Waals surface area contributed by atoms with Gasteiger partial charge in [0, 0.05) is 113 Å². The topological polar surface area (TPSA) is 19.7 Å². The summed E-state index contributed by atoms with van der Waals surface area (Å²) in [6.07, 6.45) is 4.24. The number of fused-ring (bicyclic) bond motifs is 27. The maximum atomic E-state index is 2.48. The van der Waals surface area contributed by atoms with Gasteiger partial charge in [0.2, 0.25) is 0 Å². The Balaban J connectivity index is 0.000000244. The van der Waals surface area contributed by atoms with Gasteiger partial charge in [-0.15, -0.1) is 0 Å². The zero-order valence-electron chi connectivity index (χ0n) is 74.5. The van der Waals surface area contributed by atoms with E-state index in [4.69, 9.17) is 0 Å². The molecule has 0 N–H and O–H groups in total. The number of hydrogen-bond donors (Lipinski definition) is 0. The highest BCUT2D eigenvalue weighted by Gasteiger charge is 2.28. The van der Waals surface area contributed by atoms with Gasteiger partial charge in [0.15, 0.2) is 0 Å². The number of aryl methyl sites for hydroxylation is 4. The molecule has 4 nitrogen and oxygen atoms in total. The van der Waals surface area contributed by atoms with E-state index in [1.807, 2.05) is 166 Å². The summed E-state index contributed by atoms with van der Waals surface area (Å²) in [6.45, 7) is 61.0. The van der Waals surface area contributed by atoms with Crippen LogP contribution >= 0.6 is 0 Å². The Morgan fingerprint density at radius 2 is 0.518 bits per heavy atom. The van der Waals surface area contributed by atoms with Crippen LogP contribution in [0.4, 0.5) is 0 Å². The molecule has 592 valence electrons. The number of rotatable bonds is 4. The molecule has 12 aromatic carbocycles. The Labute approximate surface area is 678 Å². The van der Waals surface area contributed by atoms with Gasteiger partial charge < -0.3 is 18.3 Å². The first kappa shape index (κ1) is 92.4. The summed E-state index contributed by atoms with van der Waals surface area (Å²) >= 11 is 0. The fourth-order valence-corrected chi connectivity index (χ4v) is 16.3. The van der Waals surface area contributed by atoms with E-state index in [-0.39, 0.29) is 0 Å². The molecule has 0 bridgehead atoms. The average molecular weight is 1490 g/mol. The third-order valence-electron chi connectivity index (χ3n) is 20.1. The van der Waals surface area contributed by atoms with E-state index in [9.17, 15) is 0 Å². The molecule has 0 amide bonds. The van der Waals surface area contributed by atoms with Crippen molar-refractivity contribution in [3.05, 3.63) is 287 Å². The second-order valence-corrected chi connectivity index (χ2v) is 24.4. The number of para-hydroxylation sites is 4. The molecule has 16 aromatic rings. The van der Waals surface area contributed by atoms with Crippen molar-refractivity contribution >= 4 is 87.2 Å². The lowest BCUT2D eigenvalue weighted by Gasteiger charge is -2.09. The van der Waals surface area contributed by atoms with E-state index >= 15 is 0 Å². The molecule has 4 aromatic heterocycles. The molecule has 20 rings (SSSR count). The van der Waals surface area contributed by atoms with E-state index < -0.39 is 0 Å². The minimum absolute atomic E-state index is 1.00. The van der Waals surface area contributed by atoms with Crippen LogP contribution in [0.2, 0.25) is 0 Å². The smallest absolute Gasteiger partial charge is 0.0573 e. The molecule has 0 spiro atoms. The van der Waals surface area contributed by atoms with Gasteiger partial charge in [0.05, 0.1) is 5.52 Å². The Morgan fingerprint density at radius 3 is 1.00 bits per heavy atom.